The van der Waals surface area contributed by atoms with Crippen molar-refractivity contribution in [3.8, 4) is 22.8 Å². The van der Waals surface area contributed by atoms with Crippen molar-refractivity contribution in [3.05, 3.63) is 65.9 Å². The molecule has 1 aromatic heterocycles. The number of carbonyl (C=O) groups is 1. The van der Waals surface area contributed by atoms with Crippen molar-refractivity contribution >= 4 is 17.7 Å². The Bertz CT molecular complexity index is 980. The lowest BCUT2D eigenvalue weighted by molar-refractivity contribution is -0.118. The van der Waals surface area contributed by atoms with E-state index in [0.717, 1.165) is 22.5 Å². The lowest BCUT2D eigenvalue weighted by atomic mass is 10.1. The standard InChI is InChI=1S/C22H23N3O3S/c1-15-11-18(17-7-5-4-6-8-17)25-22(24-15)29-14-21(26)23-13-16-9-10-19(27-2)20(12-16)28-3/h4-12H,13-14H2,1-3H3,(H,23,26). The largest absolute Gasteiger partial charge is 0.493 e. The van der Waals surface area contributed by atoms with Gasteiger partial charge in [0, 0.05) is 17.8 Å². The van der Waals surface area contributed by atoms with Crippen LogP contribution in [0.1, 0.15) is 11.3 Å². The van der Waals surface area contributed by atoms with Crippen LogP contribution in [0.25, 0.3) is 11.3 Å². The average Bonchev–Trinajstić information content (AvgIpc) is 2.76. The van der Waals surface area contributed by atoms with E-state index in [-0.39, 0.29) is 11.7 Å². The highest BCUT2D eigenvalue weighted by Gasteiger charge is 2.09. The molecule has 1 amide bonds. The van der Waals surface area contributed by atoms with E-state index < -0.39 is 0 Å². The fourth-order valence-corrected chi connectivity index (χ4v) is 3.47. The van der Waals surface area contributed by atoms with Crippen molar-refractivity contribution in [2.45, 2.75) is 18.6 Å². The topological polar surface area (TPSA) is 73.3 Å². The van der Waals surface area contributed by atoms with Gasteiger partial charge in [-0.2, -0.15) is 0 Å². The summed E-state index contributed by atoms with van der Waals surface area (Å²) in [6, 6.07) is 17.4. The second kappa shape index (κ2) is 9.93. The van der Waals surface area contributed by atoms with Crippen LogP contribution in [0.15, 0.2) is 59.8 Å². The number of hydrogen-bond acceptors (Lipinski definition) is 6. The first-order valence-electron chi connectivity index (χ1n) is 9.10. The molecule has 1 N–H and O–H groups in total. The van der Waals surface area contributed by atoms with Crippen LogP contribution in [0.5, 0.6) is 11.5 Å². The van der Waals surface area contributed by atoms with Crippen molar-refractivity contribution in [3.63, 3.8) is 0 Å². The molecule has 29 heavy (non-hydrogen) atoms. The van der Waals surface area contributed by atoms with E-state index in [1.54, 1.807) is 14.2 Å². The minimum atomic E-state index is -0.0869. The van der Waals surface area contributed by atoms with Gasteiger partial charge in [-0.3, -0.25) is 4.79 Å². The molecule has 150 valence electrons. The van der Waals surface area contributed by atoms with Gasteiger partial charge in [-0.15, -0.1) is 0 Å². The van der Waals surface area contributed by atoms with Crippen LogP contribution in [0.2, 0.25) is 0 Å². The van der Waals surface area contributed by atoms with E-state index in [2.05, 4.69) is 15.3 Å². The summed E-state index contributed by atoms with van der Waals surface area (Å²) in [5, 5.41) is 3.50. The van der Waals surface area contributed by atoms with Gasteiger partial charge in [0.2, 0.25) is 5.91 Å². The Morgan fingerprint density at radius 2 is 1.76 bits per heavy atom. The molecular weight excluding hydrogens is 386 g/mol. The first-order valence-corrected chi connectivity index (χ1v) is 10.1. The maximum atomic E-state index is 12.3. The first kappa shape index (κ1) is 20.7. The number of thioether (sulfide) groups is 1. The Kier molecular flexibility index (Phi) is 7.08. The molecule has 0 aliphatic carbocycles. The summed E-state index contributed by atoms with van der Waals surface area (Å²) in [4.78, 5) is 21.3. The number of methoxy groups -OCH3 is 2. The van der Waals surface area contributed by atoms with Gasteiger partial charge >= 0.3 is 0 Å². The van der Waals surface area contributed by atoms with Gasteiger partial charge in [-0.05, 0) is 30.7 Å². The number of nitrogens with zero attached hydrogens (tertiary/aromatic N) is 2. The van der Waals surface area contributed by atoms with Crippen LogP contribution in [0.4, 0.5) is 0 Å². The normalized spacial score (nSPS) is 10.4. The fraction of sp³-hybridized carbons (Fsp3) is 0.227. The predicted molar refractivity (Wildman–Crippen MR) is 114 cm³/mol. The highest BCUT2D eigenvalue weighted by molar-refractivity contribution is 7.99. The third kappa shape index (κ3) is 5.71. The molecule has 0 atom stereocenters. The minimum Gasteiger partial charge on any atom is -0.493 e. The molecule has 3 aromatic rings. The number of nitrogens with one attached hydrogen (secondary N) is 1. The van der Waals surface area contributed by atoms with Gasteiger partial charge in [0.15, 0.2) is 16.7 Å². The zero-order valence-corrected chi connectivity index (χ0v) is 17.5. The minimum absolute atomic E-state index is 0.0869. The fourth-order valence-electron chi connectivity index (χ4n) is 2.74. The van der Waals surface area contributed by atoms with Gasteiger partial charge in [0.1, 0.15) is 0 Å². The molecule has 0 saturated heterocycles. The number of hydrogen-bond donors (Lipinski definition) is 1. The molecule has 0 radical (unpaired) electrons. The highest BCUT2D eigenvalue weighted by atomic mass is 32.2. The summed E-state index contributed by atoms with van der Waals surface area (Å²) < 4.78 is 10.5. The number of aromatic nitrogens is 2. The maximum absolute atomic E-state index is 12.3. The summed E-state index contributed by atoms with van der Waals surface area (Å²) in [6.07, 6.45) is 0. The molecule has 1 heterocycles. The Balaban J connectivity index is 1.58. The third-order valence-corrected chi connectivity index (χ3v) is 5.02. The van der Waals surface area contributed by atoms with Crippen molar-refractivity contribution < 1.29 is 14.3 Å². The number of ether oxygens (including phenoxy) is 2. The molecule has 0 fully saturated rings. The van der Waals surface area contributed by atoms with E-state index in [1.165, 1.54) is 11.8 Å². The molecule has 0 aliphatic rings. The van der Waals surface area contributed by atoms with Crippen LogP contribution < -0.4 is 14.8 Å². The summed E-state index contributed by atoms with van der Waals surface area (Å²) in [5.41, 5.74) is 3.68. The van der Waals surface area contributed by atoms with E-state index >= 15 is 0 Å². The predicted octanol–water partition coefficient (Wildman–Crippen LogP) is 3.88. The van der Waals surface area contributed by atoms with Crippen LogP contribution in [0, 0.1) is 6.92 Å². The van der Waals surface area contributed by atoms with E-state index in [9.17, 15) is 4.79 Å². The molecule has 0 saturated carbocycles. The van der Waals surface area contributed by atoms with Crippen LogP contribution in [-0.4, -0.2) is 35.8 Å². The van der Waals surface area contributed by atoms with Gasteiger partial charge < -0.3 is 14.8 Å². The Morgan fingerprint density at radius 1 is 1.00 bits per heavy atom. The lowest BCUT2D eigenvalue weighted by Gasteiger charge is -2.10. The number of amides is 1. The highest BCUT2D eigenvalue weighted by Crippen LogP contribution is 2.27. The molecule has 0 aliphatic heterocycles. The van der Waals surface area contributed by atoms with Gasteiger partial charge in [-0.1, -0.05) is 48.2 Å². The van der Waals surface area contributed by atoms with Crippen LogP contribution in [0.3, 0.4) is 0 Å². The number of benzene rings is 2. The third-order valence-electron chi connectivity index (χ3n) is 4.17. The Labute approximate surface area is 174 Å². The molecular formula is C22H23N3O3S. The number of rotatable bonds is 8. The van der Waals surface area contributed by atoms with Crippen molar-refractivity contribution in [2.75, 3.05) is 20.0 Å². The molecule has 3 rings (SSSR count). The molecule has 6 nitrogen and oxygen atoms in total. The van der Waals surface area contributed by atoms with Crippen molar-refractivity contribution in [1.29, 1.82) is 0 Å². The smallest absolute Gasteiger partial charge is 0.230 e. The van der Waals surface area contributed by atoms with E-state index in [0.29, 0.717) is 23.2 Å². The lowest BCUT2D eigenvalue weighted by Crippen LogP contribution is -2.24. The molecule has 7 heteroatoms. The summed E-state index contributed by atoms with van der Waals surface area (Å²) >= 11 is 1.32. The first-order chi connectivity index (χ1) is 14.1. The van der Waals surface area contributed by atoms with E-state index in [1.807, 2.05) is 61.5 Å². The molecule has 0 unspecified atom stereocenters. The monoisotopic (exact) mass is 409 g/mol. The summed E-state index contributed by atoms with van der Waals surface area (Å²) in [6.45, 7) is 2.33. The van der Waals surface area contributed by atoms with E-state index in [4.69, 9.17) is 9.47 Å². The van der Waals surface area contributed by atoms with Crippen LogP contribution in [-0.2, 0) is 11.3 Å². The molecule has 0 bridgehead atoms. The zero-order valence-electron chi connectivity index (χ0n) is 16.6. The van der Waals surface area contributed by atoms with Crippen molar-refractivity contribution in [2.24, 2.45) is 0 Å². The number of carbonyl (C=O) groups excluding carboxylic acids is 1. The quantitative estimate of drug-likeness (QED) is 0.450. The summed E-state index contributed by atoms with van der Waals surface area (Å²) in [5.74, 6) is 1.45. The van der Waals surface area contributed by atoms with Gasteiger partial charge in [0.05, 0.1) is 25.7 Å². The van der Waals surface area contributed by atoms with Gasteiger partial charge in [-0.25, -0.2) is 9.97 Å². The second-order valence-corrected chi connectivity index (χ2v) is 7.24. The second-order valence-electron chi connectivity index (χ2n) is 6.30. The number of aryl methyl sites for hydroxylation is 1. The Morgan fingerprint density at radius 3 is 2.48 bits per heavy atom. The maximum Gasteiger partial charge on any atom is 0.230 e. The summed E-state index contributed by atoms with van der Waals surface area (Å²) in [7, 11) is 3.18. The Hall–Kier alpha value is -3.06. The van der Waals surface area contributed by atoms with Crippen molar-refractivity contribution in [1.82, 2.24) is 15.3 Å². The van der Waals surface area contributed by atoms with Gasteiger partial charge in [0.25, 0.3) is 0 Å². The zero-order chi connectivity index (χ0) is 20.6. The van der Waals surface area contributed by atoms with Crippen LogP contribution >= 0.6 is 11.8 Å². The average molecular weight is 410 g/mol. The SMILES string of the molecule is COc1ccc(CNC(=O)CSc2nc(C)cc(-c3ccccc3)n2)cc1OC. The molecule has 2 aromatic carbocycles. The molecule has 0 spiro atoms.